The summed E-state index contributed by atoms with van der Waals surface area (Å²) in [7, 11) is -4.20. The Bertz CT molecular complexity index is 591. The van der Waals surface area contributed by atoms with Crippen molar-refractivity contribution in [3.05, 3.63) is 29.8 Å². The van der Waals surface area contributed by atoms with Crippen molar-refractivity contribution in [1.82, 2.24) is 0 Å². The van der Waals surface area contributed by atoms with E-state index in [1.165, 1.54) is 0 Å². The van der Waals surface area contributed by atoms with Crippen LogP contribution in [0.1, 0.15) is 31.7 Å². The number of carboxylic acid groups (broad SMARTS) is 1. The summed E-state index contributed by atoms with van der Waals surface area (Å²) in [6.45, 7) is 1.78. The molecule has 8 heteroatoms. The molecule has 1 unspecified atom stereocenters. The highest BCUT2D eigenvalue weighted by Crippen LogP contribution is 2.30. The Morgan fingerprint density at radius 1 is 1.24 bits per heavy atom. The molecule has 4 nitrogen and oxygen atoms in total. The molecule has 1 N–H and O–H groups in total. The van der Waals surface area contributed by atoms with E-state index in [0.29, 0.717) is 25.0 Å². The maximum Gasteiger partial charge on any atom is 0.416 e. The van der Waals surface area contributed by atoms with Gasteiger partial charge in [-0.15, -0.1) is 0 Å². The number of halogens is 3. The molecule has 0 heterocycles. The Morgan fingerprint density at radius 3 is 2.14 bits per heavy atom. The Balaban J connectivity index is 3.14. The van der Waals surface area contributed by atoms with Crippen molar-refractivity contribution < 1.29 is 31.5 Å². The van der Waals surface area contributed by atoms with Crippen LogP contribution in [0.25, 0.3) is 0 Å². The maximum absolute atomic E-state index is 12.4. The van der Waals surface area contributed by atoms with Crippen molar-refractivity contribution in [3.63, 3.8) is 0 Å². The first-order chi connectivity index (χ1) is 9.60. The molecule has 0 spiro atoms. The number of rotatable bonds is 6. The lowest BCUT2D eigenvalue weighted by Crippen LogP contribution is -2.30. The molecule has 0 aliphatic rings. The minimum Gasteiger partial charge on any atom is -0.480 e. The summed E-state index contributed by atoms with van der Waals surface area (Å²) in [6, 6.07) is 2.84. The lowest BCUT2D eigenvalue weighted by atomic mass is 10.2. The molecule has 0 fully saturated rings. The van der Waals surface area contributed by atoms with E-state index >= 15 is 0 Å². The van der Waals surface area contributed by atoms with Crippen molar-refractivity contribution in [2.45, 2.75) is 42.5 Å². The highest BCUT2D eigenvalue weighted by atomic mass is 32.2. The molecule has 0 aliphatic heterocycles. The summed E-state index contributed by atoms with van der Waals surface area (Å²) in [5, 5.41) is 7.38. The minimum absolute atomic E-state index is 0.0742. The molecule has 1 aromatic carbocycles. The second-order valence-electron chi connectivity index (χ2n) is 4.54. The average Bonchev–Trinajstić information content (AvgIpc) is 2.37. The largest absolute Gasteiger partial charge is 0.480 e. The van der Waals surface area contributed by atoms with Gasteiger partial charge in [0, 0.05) is 0 Å². The van der Waals surface area contributed by atoms with Gasteiger partial charge in [0.25, 0.3) is 0 Å². The molecule has 1 aromatic rings. The number of hydrogen-bond donors (Lipinski definition) is 1. The van der Waals surface area contributed by atoms with Crippen LogP contribution in [0.2, 0.25) is 0 Å². The standard InChI is InChI=1S/C13H15F3O4S/c1-2-3-4-11(12(17)18)21(19,20)10-7-5-9(6-8-10)13(14,15)16/h5-8,11H,2-4H2,1H3,(H,17,18). The molecular weight excluding hydrogens is 309 g/mol. The molecule has 0 aliphatic carbocycles. The minimum atomic E-state index is -4.57. The third kappa shape index (κ3) is 4.20. The van der Waals surface area contributed by atoms with E-state index in [1.54, 1.807) is 6.92 Å². The predicted molar refractivity (Wildman–Crippen MR) is 69.6 cm³/mol. The van der Waals surface area contributed by atoms with E-state index in [-0.39, 0.29) is 6.42 Å². The van der Waals surface area contributed by atoms with Gasteiger partial charge < -0.3 is 5.11 Å². The van der Waals surface area contributed by atoms with E-state index in [0.717, 1.165) is 12.1 Å². The van der Waals surface area contributed by atoms with Crippen LogP contribution in [0.3, 0.4) is 0 Å². The van der Waals surface area contributed by atoms with Crippen molar-refractivity contribution in [3.8, 4) is 0 Å². The fraction of sp³-hybridized carbons (Fsp3) is 0.462. The number of hydrogen-bond acceptors (Lipinski definition) is 3. The van der Waals surface area contributed by atoms with E-state index in [9.17, 15) is 26.4 Å². The normalized spacial score (nSPS) is 13.9. The average molecular weight is 324 g/mol. The molecule has 1 rings (SSSR count). The highest BCUT2D eigenvalue weighted by molar-refractivity contribution is 7.92. The quantitative estimate of drug-likeness (QED) is 0.873. The first kappa shape index (κ1) is 17.5. The van der Waals surface area contributed by atoms with E-state index < -0.39 is 37.7 Å². The fourth-order valence-electron chi connectivity index (χ4n) is 1.80. The first-order valence-corrected chi connectivity index (χ1v) is 7.79. The molecule has 0 saturated heterocycles. The number of alkyl halides is 3. The highest BCUT2D eigenvalue weighted by Gasteiger charge is 2.35. The fourth-order valence-corrected chi connectivity index (χ4v) is 3.39. The van der Waals surface area contributed by atoms with Gasteiger partial charge in [0.2, 0.25) is 0 Å². The maximum atomic E-state index is 12.4. The first-order valence-electron chi connectivity index (χ1n) is 6.24. The van der Waals surface area contributed by atoms with Crippen LogP contribution in [0, 0.1) is 0 Å². The van der Waals surface area contributed by atoms with Gasteiger partial charge in [-0.3, -0.25) is 4.79 Å². The summed E-state index contributed by atoms with van der Waals surface area (Å²) in [5.74, 6) is -1.50. The summed E-state index contributed by atoms with van der Waals surface area (Å²) >= 11 is 0. The smallest absolute Gasteiger partial charge is 0.416 e. The number of carboxylic acids is 1. The van der Waals surface area contributed by atoms with Gasteiger partial charge in [0.05, 0.1) is 10.5 Å². The SMILES string of the molecule is CCCCC(C(=O)O)S(=O)(=O)c1ccc(C(F)(F)F)cc1. The number of unbranched alkanes of at least 4 members (excludes halogenated alkanes) is 1. The molecule has 0 bridgehead atoms. The van der Waals surface area contributed by atoms with Crippen LogP contribution in [-0.2, 0) is 20.8 Å². The van der Waals surface area contributed by atoms with Crippen LogP contribution < -0.4 is 0 Å². The third-order valence-electron chi connectivity index (χ3n) is 2.98. The van der Waals surface area contributed by atoms with E-state index in [2.05, 4.69) is 0 Å². The third-order valence-corrected chi connectivity index (χ3v) is 5.10. The van der Waals surface area contributed by atoms with Crippen LogP contribution in [0.5, 0.6) is 0 Å². The van der Waals surface area contributed by atoms with Crippen molar-refractivity contribution in [2.24, 2.45) is 0 Å². The zero-order chi connectivity index (χ0) is 16.3. The molecule has 0 radical (unpaired) electrons. The lowest BCUT2D eigenvalue weighted by Gasteiger charge is -2.14. The number of aliphatic carboxylic acids is 1. The Labute approximate surface area is 120 Å². The molecule has 118 valence electrons. The second kappa shape index (κ2) is 6.46. The van der Waals surface area contributed by atoms with Crippen LogP contribution in [0.4, 0.5) is 13.2 Å². The number of sulfone groups is 1. The van der Waals surface area contributed by atoms with Gasteiger partial charge in [-0.05, 0) is 30.7 Å². The lowest BCUT2D eigenvalue weighted by molar-refractivity contribution is -0.138. The number of carbonyl (C=O) groups is 1. The molecule has 21 heavy (non-hydrogen) atoms. The summed E-state index contributed by atoms with van der Waals surface area (Å²) in [6.07, 6.45) is -3.63. The second-order valence-corrected chi connectivity index (χ2v) is 6.67. The summed E-state index contributed by atoms with van der Waals surface area (Å²) in [4.78, 5) is 10.7. The van der Waals surface area contributed by atoms with Crippen LogP contribution >= 0.6 is 0 Å². The predicted octanol–water partition coefficient (Wildman–Crippen LogP) is 3.12. The van der Waals surface area contributed by atoms with Gasteiger partial charge in [0.1, 0.15) is 0 Å². The van der Waals surface area contributed by atoms with Crippen molar-refractivity contribution in [1.29, 1.82) is 0 Å². The summed E-state index contributed by atoms with van der Waals surface area (Å²) in [5.41, 5.74) is -0.984. The zero-order valence-corrected chi connectivity index (χ0v) is 12.0. The van der Waals surface area contributed by atoms with Crippen LogP contribution in [0.15, 0.2) is 29.2 Å². The van der Waals surface area contributed by atoms with Gasteiger partial charge in [-0.1, -0.05) is 19.8 Å². The number of benzene rings is 1. The molecule has 0 saturated carbocycles. The zero-order valence-electron chi connectivity index (χ0n) is 11.2. The molecular formula is C13H15F3O4S. The van der Waals surface area contributed by atoms with Gasteiger partial charge >= 0.3 is 12.1 Å². The van der Waals surface area contributed by atoms with Crippen molar-refractivity contribution in [2.75, 3.05) is 0 Å². The Hall–Kier alpha value is -1.57. The van der Waals surface area contributed by atoms with Crippen molar-refractivity contribution >= 4 is 15.8 Å². The Kier molecular flexibility index (Phi) is 5.38. The monoisotopic (exact) mass is 324 g/mol. The Morgan fingerprint density at radius 2 is 1.76 bits per heavy atom. The van der Waals surface area contributed by atoms with E-state index in [1.807, 2.05) is 0 Å². The molecule has 0 aromatic heterocycles. The molecule has 0 amide bonds. The van der Waals surface area contributed by atoms with E-state index in [4.69, 9.17) is 5.11 Å². The van der Waals surface area contributed by atoms with Gasteiger partial charge in [-0.2, -0.15) is 13.2 Å². The molecule has 1 atom stereocenters. The van der Waals surface area contributed by atoms with Gasteiger partial charge in [0.15, 0.2) is 15.1 Å². The summed E-state index contributed by atoms with van der Waals surface area (Å²) < 4.78 is 61.6. The van der Waals surface area contributed by atoms with Crippen LogP contribution in [-0.4, -0.2) is 24.7 Å². The van der Waals surface area contributed by atoms with Gasteiger partial charge in [-0.25, -0.2) is 8.42 Å². The topological polar surface area (TPSA) is 71.4 Å².